The van der Waals surface area contributed by atoms with Crippen molar-refractivity contribution in [3.05, 3.63) is 81.7 Å². The van der Waals surface area contributed by atoms with Crippen LogP contribution in [-0.2, 0) is 6.54 Å². The highest BCUT2D eigenvalue weighted by Crippen LogP contribution is 2.09. The Morgan fingerprint density at radius 2 is 1.82 bits per heavy atom. The lowest BCUT2D eigenvalue weighted by Crippen LogP contribution is -2.22. The molecule has 0 atom stereocenters. The van der Waals surface area contributed by atoms with Crippen LogP contribution >= 0.6 is 22.6 Å². The molecule has 1 N–H and O–H groups in total. The van der Waals surface area contributed by atoms with Crippen LogP contribution in [0, 0.1) is 3.57 Å². The first-order valence-electron chi connectivity index (χ1n) is 6.85. The fourth-order valence-corrected chi connectivity index (χ4v) is 2.42. The molecule has 22 heavy (non-hydrogen) atoms. The van der Waals surface area contributed by atoms with E-state index in [0.717, 1.165) is 14.8 Å². The van der Waals surface area contributed by atoms with E-state index in [4.69, 9.17) is 0 Å². The fraction of sp³-hybridized carbons (Fsp3) is 0.0588. The Morgan fingerprint density at radius 3 is 2.55 bits per heavy atom. The Hall–Kier alpha value is -2.15. The second kappa shape index (κ2) is 6.74. The number of nitrogens with one attached hydrogen (secondary N) is 1. The Labute approximate surface area is 142 Å². The van der Waals surface area contributed by atoms with E-state index in [1.165, 1.54) is 0 Å². The second-order valence-corrected chi connectivity index (χ2v) is 6.06. The SMILES string of the molecule is O=C(NCc1cnn(-c2ccccc2)c1)c1ccc(I)cc1. The van der Waals surface area contributed by atoms with E-state index in [9.17, 15) is 4.79 Å². The molecule has 0 bridgehead atoms. The molecule has 1 heterocycles. The lowest BCUT2D eigenvalue weighted by Gasteiger charge is -2.03. The Morgan fingerprint density at radius 1 is 1.09 bits per heavy atom. The third-order valence-electron chi connectivity index (χ3n) is 3.22. The van der Waals surface area contributed by atoms with Gasteiger partial charge in [-0.15, -0.1) is 0 Å². The number of rotatable bonds is 4. The molecule has 2 aromatic carbocycles. The van der Waals surface area contributed by atoms with Gasteiger partial charge in [-0.25, -0.2) is 4.68 Å². The molecule has 0 aliphatic carbocycles. The largest absolute Gasteiger partial charge is 0.348 e. The van der Waals surface area contributed by atoms with Crippen LogP contribution in [0.2, 0.25) is 0 Å². The predicted molar refractivity (Wildman–Crippen MR) is 93.9 cm³/mol. The minimum absolute atomic E-state index is 0.0798. The summed E-state index contributed by atoms with van der Waals surface area (Å²) in [5.41, 5.74) is 2.62. The number of hydrogen-bond acceptors (Lipinski definition) is 2. The monoisotopic (exact) mass is 403 g/mol. The smallest absolute Gasteiger partial charge is 0.251 e. The maximum atomic E-state index is 12.1. The van der Waals surface area contributed by atoms with E-state index >= 15 is 0 Å². The fourth-order valence-electron chi connectivity index (χ4n) is 2.06. The first kappa shape index (κ1) is 14.8. The van der Waals surface area contributed by atoms with Gasteiger partial charge in [-0.2, -0.15) is 5.10 Å². The third kappa shape index (κ3) is 3.54. The molecule has 0 radical (unpaired) electrons. The molecule has 0 unspecified atom stereocenters. The third-order valence-corrected chi connectivity index (χ3v) is 3.94. The molecule has 3 rings (SSSR count). The normalized spacial score (nSPS) is 10.4. The topological polar surface area (TPSA) is 46.9 Å². The van der Waals surface area contributed by atoms with Crippen molar-refractivity contribution in [1.29, 1.82) is 0 Å². The first-order chi connectivity index (χ1) is 10.7. The highest BCUT2D eigenvalue weighted by atomic mass is 127. The lowest BCUT2D eigenvalue weighted by atomic mass is 10.2. The minimum Gasteiger partial charge on any atom is -0.348 e. The van der Waals surface area contributed by atoms with Gasteiger partial charge >= 0.3 is 0 Å². The summed E-state index contributed by atoms with van der Waals surface area (Å²) in [6, 6.07) is 17.4. The van der Waals surface area contributed by atoms with Crippen molar-refractivity contribution >= 4 is 28.5 Å². The summed E-state index contributed by atoms with van der Waals surface area (Å²) in [4.78, 5) is 12.1. The van der Waals surface area contributed by atoms with Crippen molar-refractivity contribution in [3.63, 3.8) is 0 Å². The summed E-state index contributed by atoms with van der Waals surface area (Å²) in [6.45, 7) is 0.456. The standard InChI is InChI=1S/C17H14IN3O/c18-15-8-6-14(7-9-15)17(22)19-10-13-11-20-21(12-13)16-4-2-1-3-5-16/h1-9,11-12H,10H2,(H,19,22). The molecule has 0 spiro atoms. The number of carbonyl (C=O) groups is 1. The minimum atomic E-state index is -0.0798. The van der Waals surface area contributed by atoms with Gasteiger partial charge < -0.3 is 5.32 Å². The number of nitrogens with zero attached hydrogens (tertiary/aromatic N) is 2. The molecule has 4 nitrogen and oxygen atoms in total. The van der Waals surface area contributed by atoms with Crippen molar-refractivity contribution in [3.8, 4) is 5.69 Å². The van der Waals surface area contributed by atoms with Gasteiger partial charge in [0.2, 0.25) is 0 Å². The van der Waals surface area contributed by atoms with Gasteiger partial charge in [-0.05, 0) is 59.0 Å². The predicted octanol–water partition coefficient (Wildman–Crippen LogP) is 3.41. The lowest BCUT2D eigenvalue weighted by molar-refractivity contribution is 0.0951. The molecule has 0 saturated carbocycles. The highest BCUT2D eigenvalue weighted by Gasteiger charge is 2.06. The molecule has 1 aromatic heterocycles. The van der Waals surface area contributed by atoms with Crippen molar-refractivity contribution < 1.29 is 4.79 Å². The zero-order chi connectivity index (χ0) is 15.4. The molecule has 0 saturated heterocycles. The van der Waals surface area contributed by atoms with Crippen LogP contribution in [0.1, 0.15) is 15.9 Å². The molecule has 5 heteroatoms. The van der Waals surface area contributed by atoms with Gasteiger partial charge in [0.15, 0.2) is 0 Å². The van der Waals surface area contributed by atoms with Crippen molar-refractivity contribution in [2.24, 2.45) is 0 Å². The second-order valence-electron chi connectivity index (χ2n) is 4.82. The van der Waals surface area contributed by atoms with Gasteiger partial charge in [-0.3, -0.25) is 4.79 Å². The number of hydrogen-bond donors (Lipinski definition) is 1. The summed E-state index contributed by atoms with van der Waals surface area (Å²) in [7, 11) is 0. The zero-order valence-corrected chi connectivity index (χ0v) is 13.9. The summed E-state index contributed by atoms with van der Waals surface area (Å²) in [6.07, 6.45) is 3.69. The maximum Gasteiger partial charge on any atom is 0.251 e. The van der Waals surface area contributed by atoms with Crippen molar-refractivity contribution in [2.45, 2.75) is 6.54 Å². The highest BCUT2D eigenvalue weighted by molar-refractivity contribution is 14.1. The number of halogens is 1. The van der Waals surface area contributed by atoms with Gasteiger partial charge in [0.25, 0.3) is 5.91 Å². The number of amides is 1. The van der Waals surface area contributed by atoms with E-state index in [0.29, 0.717) is 12.1 Å². The van der Waals surface area contributed by atoms with E-state index in [2.05, 4.69) is 33.0 Å². The van der Waals surface area contributed by atoms with Crippen LogP contribution in [0.4, 0.5) is 0 Å². The van der Waals surface area contributed by atoms with Crippen LogP contribution in [0.15, 0.2) is 67.0 Å². The van der Waals surface area contributed by atoms with E-state index in [-0.39, 0.29) is 5.91 Å². The van der Waals surface area contributed by atoms with Crippen LogP contribution in [0.5, 0.6) is 0 Å². The molecular formula is C17H14IN3O. The number of aromatic nitrogens is 2. The Balaban J connectivity index is 1.64. The van der Waals surface area contributed by atoms with Crippen LogP contribution < -0.4 is 5.32 Å². The molecule has 110 valence electrons. The molecule has 3 aromatic rings. The average Bonchev–Trinajstić information content (AvgIpc) is 3.03. The zero-order valence-electron chi connectivity index (χ0n) is 11.7. The average molecular weight is 403 g/mol. The number of carbonyl (C=O) groups excluding carboxylic acids is 1. The number of benzene rings is 2. The molecule has 0 aliphatic heterocycles. The van der Waals surface area contributed by atoms with Gasteiger partial charge in [0, 0.05) is 27.4 Å². The van der Waals surface area contributed by atoms with Gasteiger partial charge in [-0.1, -0.05) is 18.2 Å². The summed E-state index contributed by atoms with van der Waals surface area (Å²) in [5.74, 6) is -0.0798. The maximum absolute atomic E-state index is 12.1. The summed E-state index contributed by atoms with van der Waals surface area (Å²) >= 11 is 2.22. The summed E-state index contributed by atoms with van der Waals surface area (Å²) in [5, 5.41) is 7.22. The Kier molecular flexibility index (Phi) is 4.53. The van der Waals surface area contributed by atoms with E-state index in [1.54, 1.807) is 10.9 Å². The van der Waals surface area contributed by atoms with Crippen LogP contribution in [0.25, 0.3) is 5.69 Å². The van der Waals surface area contributed by atoms with E-state index < -0.39 is 0 Å². The molecule has 1 amide bonds. The van der Waals surface area contributed by atoms with Gasteiger partial charge in [0.05, 0.1) is 11.9 Å². The van der Waals surface area contributed by atoms with Crippen molar-refractivity contribution in [1.82, 2.24) is 15.1 Å². The summed E-state index contributed by atoms with van der Waals surface area (Å²) < 4.78 is 2.91. The molecular weight excluding hydrogens is 389 g/mol. The van der Waals surface area contributed by atoms with Crippen LogP contribution in [-0.4, -0.2) is 15.7 Å². The van der Waals surface area contributed by atoms with E-state index in [1.807, 2.05) is 60.8 Å². The molecule has 0 aliphatic rings. The number of para-hydroxylation sites is 1. The van der Waals surface area contributed by atoms with Crippen molar-refractivity contribution in [2.75, 3.05) is 0 Å². The molecule has 0 fully saturated rings. The van der Waals surface area contributed by atoms with Crippen LogP contribution in [0.3, 0.4) is 0 Å². The first-order valence-corrected chi connectivity index (χ1v) is 7.93. The van der Waals surface area contributed by atoms with Gasteiger partial charge in [0.1, 0.15) is 0 Å². The quantitative estimate of drug-likeness (QED) is 0.679. The Bertz CT molecular complexity index is 766.